The number of amides is 1. The summed E-state index contributed by atoms with van der Waals surface area (Å²) in [5.41, 5.74) is 2.79. The van der Waals surface area contributed by atoms with Gasteiger partial charge in [0.15, 0.2) is 0 Å². The summed E-state index contributed by atoms with van der Waals surface area (Å²) in [7, 11) is 1.78. The first-order valence-corrected chi connectivity index (χ1v) is 9.08. The van der Waals surface area contributed by atoms with Gasteiger partial charge in [0, 0.05) is 43.3 Å². The number of nitrogens with zero attached hydrogens (tertiary/aromatic N) is 2. The van der Waals surface area contributed by atoms with Gasteiger partial charge in [0.25, 0.3) is 0 Å². The smallest absolute Gasteiger partial charge is 0.223 e. The molecule has 0 saturated heterocycles. The average molecular weight is 381 g/mol. The summed E-state index contributed by atoms with van der Waals surface area (Å²) in [6, 6.07) is 18.3. The Morgan fingerprint density at radius 3 is 2.52 bits per heavy atom. The zero-order chi connectivity index (χ0) is 19.2. The van der Waals surface area contributed by atoms with Crippen LogP contribution < -0.4 is 0 Å². The molecule has 0 saturated carbocycles. The molecule has 0 fully saturated rings. The molecule has 1 N–H and O–H groups in total. The summed E-state index contributed by atoms with van der Waals surface area (Å²) in [5, 5.41) is 10.5. The highest BCUT2D eigenvalue weighted by Gasteiger charge is 2.21. The Kier molecular flexibility index (Phi) is 6.09. The van der Waals surface area contributed by atoms with Crippen LogP contribution in [0.5, 0.6) is 5.75 Å². The molecule has 3 aromatic rings. The van der Waals surface area contributed by atoms with Gasteiger partial charge in [-0.05, 0) is 47.0 Å². The Morgan fingerprint density at radius 1 is 1.11 bits per heavy atom. The second-order valence-corrected chi connectivity index (χ2v) is 6.95. The number of carbonyl (C=O) groups is 1. The van der Waals surface area contributed by atoms with Gasteiger partial charge in [-0.25, -0.2) is 0 Å². The molecule has 0 spiro atoms. The fourth-order valence-corrected chi connectivity index (χ4v) is 3.28. The first-order valence-electron chi connectivity index (χ1n) is 8.70. The number of phenols is 1. The van der Waals surface area contributed by atoms with Crippen LogP contribution in [0.25, 0.3) is 0 Å². The predicted octanol–water partition coefficient (Wildman–Crippen LogP) is 4.62. The Bertz CT molecular complexity index is 869. The minimum Gasteiger partial charge on any atom is -0.508 e. The lowest BCUT2D eigenvalue weighted by Gasteiger charge is -2.23. The number of phenolic OH excluding ortho intramolecular Hbond substituents is 1. The fraction of sp³-hybridized carbons (Fsp3) is 0.182. The molecule has 1 aromatic heterocycles. The van der Waals surface area contributed by atoms with Crippen LogP contribution in [-0.2, 0) is 11.3 Å². The van der Waals surface area contributed by atoms with Crippen molar-refractivity contribution in [3.8, 4) is 5.75 Å². The molecule has 0 aliphatic carbocycles. The highest BCUT2D eigenvalue weighted by Crippen LogP contribution is 2.32. The zero-order valence-electron chi connectivity index (χ0n) is 15.0. The Balaban J connectivity index is 1.83. The van der Waals surface area contributed by atoms with E-state index in [4.69, 9.17) is 11.6 Å². The standard InChI is InChI=1S/C22H21ClN2O2/c1-25(15-16-5-4-10-24-14-16)22(27)13-21(17-6-2-8-19(23)11-17)18-7-3-9-20(26)12-18/h2-12,14,21,26H,13,15H2,1H3. The molecular weight excluding hydrogens is 360 g/mol. The Morgan fingerprint density at radius 2 is 1.85 bits per heavy atom. The van der Waals surface area contributed by atoms with Crippen molar-refractivity contribution in [2.45, 2.75) is 18.9 Å². The van der Waals surface area contributed by atoms with Crippen LogP contribution >= 0.6 is 11.6 Å². The number of aromatic nitrogens is 1. The van der Waals surface area contributed by atoms with E-state index in [0.717, 1.165) is 16.7 Å². The van der Waals surface area contributed by atoms with E-state index in [-0.39, 0.29) is 24.0 Å². The quantitative estimate of drug-likeness (QED) is 0.678. The lowest BCUT2D eigenvalue weighted by molar-refractivity contribution is -0.130. The summed E-state index contributed by atoms with van der Waals surface area (Å²) in [4.78, 5) is 18.7. The summed E-state index contributed by atoms with van der Waals surface area (Å²) in [6.45, 7) is 0.495. The number of hydrogen-bond acceptors (Lipinski definition) is 3. The summed E-state index contributed by atoms with van der Waals surface area (Å²) >= 11 is 6.16. The summed E-state index contributed by atoms with van der Waals surface area (Å²) in [5.74, 6) is -0.0116. The molecule has 2 aromatic carbocycles. The molecule has 27 heavy (non-hydrogen) atoms. The van der Waals surface area contributed by atoms with Crippen molar-refractivity contribution in [2.75, 3.05) is 7.05 Å². The van der Waals surface area contributed by atoms with Crippen molar-refractivity contribution in [3.05, 3.63) is 94.8 Å². The molecule has 0 aliphatic heterocycles. The maximum atomic E-state index is 12.9. The van der Waals surface area contributed by atoms with Crippen LogP contribution in [0, 0.1) is 0 Å². The van der Waals surface area contributed by atoms with Gasteiger partial charge in [-0.2, -0.15) is 0 Å². The fourth-order valence-electron chi connectivity index (χ4n) is 3.08. The second kappa shape index (κ2) is 8.69. The van der Waals surface area contributed by atoms with Crippen molar-refractivity contribution in [1.29, 1.82) is 0 Å². The van der Waals surface area contributed by atoms with E-state index in [1.165, 1.54) is 0 Å². The molecular formula is C22H21ClN2O2. The van der Waals surface area contributed by atoms with E-state index < -0.39 is 0 Å². The van der Waals surface area contributed by atoms with E-state index in [2.05, 4.69) is 4.98 Å². The van der Waals surface area contributed by atoms with Gasteiger partial charge >= 0.3 is 0 Å². The van der Waals surface area contributed by atoms with Gasteiger partial charge in [0.05, 0.1) is 0 Å². The molecule has 0 radical (unpaired) electrons. The number of aromatic hydroxyl groups is 1. The molecule has 1 heterocycles. The van der Waals surface area contributed by atoms with Crippen LogP contribution in [0.15, 0.2) is 73.1 Å². The zero-order valence-corrected chi connectivity index (χ0v) is 15.8. The minimum absolute atomic E-state index is 0.00664. The topological polar surface area (TPSA) is 53.4 Å². The van der Waals surface area contributed by atoms with Crippen LogP contribution in [0.3, 0.4) is 0 Å². The van der Waals surface area contributed by atoms with Crippen molar-refractivity contribution >= 4 is 17.5 Å². The lowest BCUT2D eigenvalue weighted by atomic mass is 9.88. The third-order valence-electron chi connectivity index (χ3n) is 4.47. The monoisotopic (exact) mass is 380 g/mol. The van der Waals surface area contributed by atoms with Crippen LogP contribution in [-0.4, -0.2) is 27.9 Å². The van der Waals surface area contributed by atoms with Crippen molar-refractivity contribution in [3.63, 3.8) is 0 Å². The van der Waals surface area contributed by atoms with Crippen LogP contribution in [0.2, 0.25) is 5.02 Å². The van der Waals surface area contributed by atoms with Crippen LogP contribution in [0.4, 0.5) is 0 Å². The molecule has 4 nitrogen and oxygen atoms in total. The highest BCUT2D eigenvalue weighted by atomic mass is 35.5. The van der Waals surface area contributed by atoms with E-state index in [9.17, 15) is 9.90 Å². The van der Waals surface area contributed by atoms with Crippen LogP contribution in [0.1, 0.15) is 29.0 Å². The van der Waals surface area contributed by atoms with Crippen molar-refractivity contribution < 1.29 is 9.90 Å². The maximum absolute atomic E-state index is 12.9. The molecule has 0 aliphatic rings. The molecule has 1 atom stereocenters. The van der Waals surface area contributed by atoms with Gasteiger partial charge in [0.2, 0.25) is 5.91 Å². The van der Waals surface area contributed by atoms with Gasteiger partial charge in [-0.1, -0.05) is 41.9 Å². The molecule has 1 unspecified atom stereocenters. The van der Waals surface area contributed by atoms with Gasteiger partial charge in [-0.3, -0.25) is 9.78 Å². The normalized spacial score (nSPS) is 11.8. The summed E-state index contributed by atoms with van der Waals surface area (Å²) in [6.07, 6.45) is 3.75. The number of carbonyl (C=O) groups excluding carboxylic acids is 1. The van der Waals surface area contributed by atoms with Gasteiger partial charge in [0.1, 0.15) is 5.75 Å². The number of halogens is 1. The molecule has 1 amide bonds. The average Bonchev–Trinajstić information content (AvgIpc) is 2.66. The molecule has 0 bridgehead atoms. The van der Waals surface area contributed by atoms with E-state index in [1.54, 1.807) is 48.6 Å². The van der Waals surface area contributed by atoms with E-state index >= 15 is 0 Å². The molecule has 3 rings (SSSR count). The Labute approximate surface area is 164 Å². The highest BCUT2D eigenvalue weighted by molar-refractivity contribution is 6.30. The van der Waals surface area contributed by atoms with Crippen molar-refractivity contribution in [1.82, 2.24) is 9.88 Å². The number of benzene rings is 2. The number of pyridine rings is 1. The minimum atomic E-state index is -0.195. The largest absolute Gasteiger partial charge is 0.508 e. The first kappa shape index (κ1) is 18.9. The Hall–Kier alpha value is -2.85. The number of hydrogen-bond donors (Lipinski definition) is 1. The van der Waals surface area contributed by atoms with E-state index in [1.807, 2.05) is 36.4 Å². The first-order chi connectivity index (χ1) is 13.0. The summed E-state index contributed by atoms with van der Waals surface area (Å²) < 4.78 is 0. The van der Waals surface area contributed by atoms with Gasteiger partial charge < -0.3 is 10.0 Å². The SMILES string of the molecule is CN(Cc1cccnc1)C(=O)CC(c1cccc(O)c1)c1cccc(Cl)c1. The van der Waals surface area contributed by atoms with Crippen molar-refractivity contribution in [2.24, 2.45) is 0 Å². The maximum Gasteiger partial charge on any atom is 0.223 e. The molecule has 5 heteroatoms. The van der Waals surface area contributed by atoms with E-state index in [0.29, 0.717) is 11.6 Å². The molecule has 138 valence electrons. The number of rotatable bonds is 6. The lowest BCUT2D eigenvalue weighted by Crippen LogP contribution is -2.28. The predicted molar refractivity (Wildman–Crippen MR) is 107 cm³/mol. The van der Waals surface area contributed by atoms with Gasteiger partial charge in [-0.15, -0.1) is 0 Å². The third-order valence-corrected chi connectivity index (χ3v) is 4.71. The second-order valence-electron chi connectivity index (χ2n) is 6.52. The third kappa shape index (κ3) is 5.08.